The summed E-state index contributed by atoms with van der Waals surface area (Å²) in [4.78, 5) is 18.0. The van der Waals surface area contributed by atoms with Gasteiger partial charge in [-0.15, -0.1) is 0 Å². The smallest absolute Gasteiger partial charge is 0.253 e. The van der Waals surface area contributed by atoms with Crippen LogP contribution in [0.5, 0.6) is 0 Å². The van der Waals surface area contributed by atoms with Crippen LogP contribution in [0, 0.1) is 0 Å². The van der Waals surface area contributed by atoms with Crippen molar-refractivity contribution in [3.8, 4) is 0 Å². The van der Waals surface area contributed by atoms with Crippen LogP contribution in [-0.2, 0) is 14.8 Å². The number of hydrogen-bond donors (Lipinski definition) is 1. The van der Waals surface area contributed by atoms with Crippen LogP contribution < -0.4 is 10.2 Å². The molecule has 1 N–H and O–H groups in total. The molecule has 2 heterocycles. The molecular formula is C23H38N4O4S. The summed E-state index contributed by atoms with van der Waals surface area (Å²) in [6, 6.07) is 4.98. The van der Waals surface area contributed by atoms with E-state index in [0.29, 0.717) is 38.4 Å². The van der Waals surface area contributed by atoms with Crippen LogP contribution in [-0.4, -0.2) is 88.1 Å². The van der Waals surface area contributed by atoms with Crippen molar-refractivity contribution < 1.29 is 17.9 Å². The average molecular weight is 467 g/mol. The van der Waals surface area contributed by atoms with Crippen molar-refractivity contribution in [2.45, 2.75) is 51.0 Å². The second kappa shape index (κ2) is 10.5. The molecule has 8 nitrogen and oxygen atoms in total. The zero-order valence-corrected chi connectivity index (χ0v) is 20.7. The Balaban J connectivity index is 1.87. The maximum atomic E-state index is 13.4. The number of carbonyl (C=O) groups excluding carboxylic acids is 1. The molecule has 2 aliphatic heterocycles. The molecule has 2 saturated heterocycles. The predicted octanol–water partition coefficient (Wildman–Crippen LogP) is 2.16. The van der Waals surface area contributed by atoms with E-state index in [1.165, 1.54) is 4.31 Å². The normalized spacial score (nSPS) is 18.3. The molecule has 2 aliphatic rings. The number of nitrogens with one attached hydrogen (secondary N) is 1. The van der Waals surface area contributed by atoms with E-state index >= 15 is 0 Å². The molecule has 9 heteroatoms. The van der Waals surface area contributed by atoms with Gasteiger partial charge in [-0.3, -0.25) is 9.69 Å². The van der Waals surface area contributed by atoms with Gasteiger partial charge in [0.15, 0.2) is 0 Å². The van der Waals surface area contributed by atoms with Crippen LogP contribution in [0.2, 0.25) is 0 Å². The second-order valence-electron chi connectivity index (χ2n) is 9.06. The number of anilines is 1. The molecule has 3 rings (SSSR count). The molecule has 0 bridgehead atoms. The van der Waals surface area contributed by atoms with Crippen LogP contribution in [0.15, 0.2) is 23.1 Å². The zero-order valence-electron chi connectivity index (χ0n) is 19.9. The Labute approximate surface area is 192 Å². The van der Waals surface area contributed by atoms with E-state index < -0.39 is 10.0 Å². The third kappa shape index (κ3) is 5.44. The highest BCUT2D eigenvalue weighted by Gasteiger charge is 2.30. The molecule has 0 aliphatic carbocycles. The Morgan fingerprint density at radius 2 is 1.72 bits per heavy atom. The van der Waals surface area contributed by atoms with E-state index in [-0.39, 0.29) is 16.3 Å². The monoisotopic (exact) mass is 466 g/mol. The fraction of sp³-hybridized carbons (Fsp3) is 0.696. The predicted molar refractivity (Wildman–Crippen MR) is 127 cm³/mol. The first-order chi connectivity index (χ1) is 15.2. The first kappa shape index (κ1) is 25.0. The number of carbonyl (C=O) groups is 1. The Hall–Kier alpha value is -1.68. The maximum Gasteiger partial charge on any atom is 0.253 e. The van der Waals surface area contributed by atoms with Crippen LogP contribution in [0.3, 0.4) is 0 Å². The summed E-state index contributed by atoms with van der Waals surface area (Å²) in [7, 11) is -3.65. The van der Waals surface area contributed by atoms with Crippen molar-refractivity contribution in [1.82, 2.24) is 14.5 Å². The molecule has 0 saturated carbocycles. The molecule has 1 aromatic carbocycles. The highest BCUT2D eigenvalue weighted by molar-refractivity contribution is 7.89. The van der Waals surface area contributed by atoms with Crippen LogP contribution in [0.4, 0.5) is 5.69 Å². The third-order valence-electron chi connectivity index (χ3n) is 6.55. The van der Waals surface area contributed by atoms with E-state index in [1.54, 1.807) is 18.2 Å². The van der Waals surface area contributed by atoms with Gasteiger partial charge >= 0.3 is 0 Å². The summed E-state index contributed by atoms with van der Waals surface area (Å²) in [6.07, 6.45) is 2.15. The Morgan fingerprint density at radius 3 is 2.31 bits per heavy atom. The zero-order chi connectivity index (χ0) is 23.4. The lowest BCUT2D eigenvalue weighted by Crippen LogP contribution is -2.55. The van der Waals surface area contributed by atoms with Gasteiger partial charge in [-0.25, -0.2) is 8.42 Å². The number of sulfonamides is 1. The van der Waals surface area contributed by atoms with Crippen LogP contribution in [0.1, 0.15) is 50.9 Å². The van der Waals surface area contributed by atoms with Crippen LogP contribution >= 0.6 is 0 Å². The number of rotatable bonds is 9. The standard InChI is InChI=1S/C23H38N4O4S/c1-5-27(6-2)32(29,30)19-9-10-21(25-11-7-8-12-25)20(17-19)22(28)24-18-23(3,4)26-13-15-31-16-14-26/h9-10,17H,5-8,11-16,18H2,1-4H3,(H,24,28). The lowest BCUT2D eigenvalue weighted by atomic mass is 10.0. The Kier molecular flexibility index (Phi) is 8.19. The number of nitrogens with zero attached hydrogens (tertiary/aromatic N) is 3. The van der Waals surface area contributed by atoms with Gasteiger partial charge in [0.1, 0.15) is 0 Å². The van der Waals surface area contributed by atoms with Crippen molar-refractivity contribution in [2.75, 3.05) is 63.9 Å². The summed E-state index contributed by atoms with van der Waals surface area (Å²) in [5, 5.41) is 3.08. The second-order valence-corrected chi connectivity index (χ2v) is 11.0. The average Bonchev–Trinajstić information content (AvgIpc) is 3.33. The molecule has 0 spiro atoms. The number of ether oxygens (including phenoxy) is 1. The van der Waals surface area contributed by atoms with Crippen molar-refractivity contribution >= 4 is 21.6 Å². The fourth-order valence-electron chi connectivity index (χ4n) is 4.48. The molecule has 2 fully saturated rings. The van der Waals surface area contributed by atoms with Gasteiger partial charge < -0.3 is 15.0 Å². The minimum absolute atomic E-state index is 0.168. The van der Waals surface area contributed by atoms with E-state index in [1.807, 2.05) is 13.8 Å². The van der Waals surface area contributed by atoms with E-state index in [4.69, 9.17) is 4.74 Å². The van der Waals surface area contributed by atoms with Gasteiger partial charge in [-0.05, 0) is 44.9 Å². The molecule has 32 heavy (non-hydrogen) atoms. The van der Waals surface area contributed by atoms with Crippen molar-refractivity contribution in [3.05, 3.63) is 23.8 Å². The minimum atomic E-state index is -3.65. The fourth-order valence-corrected chi connectivity index (χ4v) is 5.96. The van der Waals surface area contributed by atoms with Gasteiger partial charge in [-0.1, -0.05) is 13.8 Å². The summed E-state index contributed by atoms with van der Waals surface area (Å²) < 4.78 is 33.0. The molecule has 1 aromatic rings. The third-order valence-corrected chi connectivity index (χ3v) is 8.60. The maximum absolute atomic E-state index is 13.4. The quantitative estimate of drug-likeness (QED) is 0.601. The lowest BCUT2D eigenvalue weighted by Gasteiger charge is -2.40. The van der Waals surface area contributed by atoms with Gasteiger partial charge in [0.25, 0.3) is 5.91 Å². The molecule has 0 atom stereocenters. The molecule has 0 radical (unpaired) electrons. The lowest BCUT2D eigenvalue weighted by molar-refractivity contribution is -0.00923. The first-order valence-corrected chi connectivity index (χ1v) is 13.1. The Morgan fingerprint density at radius 1 is 1.09 bits per heavy atom. The highest BCUT2D eigenvalue weighted by atomic mass is 32.2. The van der Waals surface area contributed by atoms with Gasteiger partial charge in [0.05, 0.1) is 23.7 Å². The highest BCUT2D eigenvalue weighted by Crippen LogP contribution is 2.29. The number of benzene rings is 1. The molecule has 180 valence electrons. The van der Waals surface area contributed by atoms with E-state index in [0.717, 1.165) is 44.7 Å². The molecule has 0 aromatic heterocycles. The van der Waals surface area contributed by atoms with Crippen LogP contribution in [0.25, 0.3) is 0 Å². The summed E-state index contributed by atoms with van der Waals surface area (Å²) in [5.41, 5.74) is 1.01. The summed E-state index contributed by atoms with van der Waals surface area (Å²) in [6.45, 7) is 13.9. The minimum Gasteiger partial charge on any atom is -0.379 e. The SMILES string of the molecule is CCN(CC)S(=O)(=O)c1ccc(N2CCCC2)c(C(=O)NCC(C)(C)N2CCOCC2)c1. The van der Waals surface area contributed by atoms with Crippen molar-refractivity contribution in [2.24, 2.45) is 0 Å². The van der Waals surface area contributed by atoms with Gasteiger partial charge in [0.2, 0.25) is 10.0 Å². The summed E-state index contributed by atoms with van der Waals surface area (Å²) in [5.74, 6) is -0.232. The van der Waals surface area contributed by atoms with E-state index in [9.17, 15) is 13.2 Å². The number of hydrogen-bond acceptors (Lipinski definition) is 6. The molecule has 1 amide bonds. The molecular weight excluding hydrogens is 428 g/mol. The molecule has 0 unspecified atom stereocenters. The summed E-state index contributed by atoms with van der Waals surface area (Å²) >= 11 is 0. The topological polar surface area (TPSA) is 82.2 Å². The van der Waals surface area contributed by atoms with Crippen molar-refractivity contribution in [1.29, 1.82) is 0 Å². The number of amides is 1. The van der Waals surface area contributed by atoms with E-state index in [2.05, 4.69) is 29.0 Å². The number of morpholine rings is 1. The van der Waals surface area contributed by atoms with Crippen molar-refractivity contribution in [3.63, 3.8) is 0 Å². The Bertz CT molecular complexity index is 887. The largest absolute Gasteiger partial charge is 0.379 e. The first-order valence-electron chi connectivity index (χ1n) is 11.7. The van der Waals surface area contributed by atoms with Gasteiger partial charge in [0, 0.05) is 57.0 Å². The van der Waals surface area contributed by atoms with Gasteiger partial charge in [-0.2, -0.15) is 4.31 Å².